The van der Waals surface area contributed by atoms with Crippen LogP contribution in [0.25, 0.3) is 11.0 Å². The van der Waals surface area contributed by atoms with Gasteiger partial charge in [0.15, 0.2) is 0 Å². The number of fused-ring (bicyclic) bond motifs is 1. The first-order valence-electron chi connectivity index (χ1n) is 8.21. The van der Waals surface area contributed by atoms with E-state index < -0.39 is 0 Å². The molecule has 0 amide bonds. The van der Waals surface area contributed by atoms with Gasteiger partial charge in [0.05, 0.1) is 22.3 Å². The van der Waals surface area contributed by atoms with E-state index in [0.29, 0.717) is 41.1 Å². The fraction of sp³-hybridized carbons (Fsp3) is 0.158. The number of rotatable bonds is 6. The fourth-order valence-corrected chi connectivity index (χ4v) is 2.89. The lowest BCUT2D eigenvalue weighted by Gasteiger charge is -2.02. The second-order valence-electron chi connectivity index (χ2n) is 5.72. The molecule has 0 saturated heterocycles. The van der Waals surface area contributed by atoms with Crippen LogP contribution in [-0.4, -0.2) is 40.6 Å². The van der Waals surface area contributed by atoms with Gasteiger partial charge in [-0.3, -0.25) is 14.8 Å². The Morgan fingerprint density at radius 1 is 1.11 bits per heavy atom. The average molecular weight is 403 g/mol. The molecular weight excluding hydrogens is 387 g/mol. The van der Waals surface area contributed by atoms with Crippen LogP contribution < -0.4 is 5.56 Å². The maximum atomic E-state index is 12.0. The number of aromatic nitrogens is 2. The highest BCUT2D eigenvalue weighted by atomic mass is 35.5. The van der Waals surface area contributed by atoms with E-state index in [1.165, 1.54) is 18.5 Å². The van der Waals surface area contributed by atoms with E-state index in [9.17, 15) is 9.90 Å². The zero-order valence-corrected chi connectivity index (χ0v) is 15.7. The van der Waals surface area contributed by atoms with Crippen molar-refractivity contribution in [3.05, 3.63) is 68.1 Å². The Bertz CT molecular complexity index is 1080. The number of nitrogens with zero attached hydrogens (tertiary/aromatic N) is 3. The molecular formula is C19H16Cl2N4O2. The highest BCUT2D eigenvalue weighted by Gasteiger charge is 2.05. The molecule has 1 heterocycles. The Morgan fingerprint density at radius 3 is 2.67 bits per heavy atom. The van der Waals surface area contributed by atoms with Crippen molar-refractivity contribution in [2.75, 3.05) is 13.1 Å². The molecule has 0 radical (unpaired) electrons. The number of aromatic amines is 1. The van der Waals surface area contributed by atoms with Crippen LogP contribution in [0.4, 0.5) is 0 Å². The molecule has 3 rings (SSSR count). The van der Waals surface area contributed by atoms with Crippen LogP contribution >= 0.6 is 23.2 Å². The van der Waals surface area contributed by atoms with Crippen molar-refractivity contribution in [3.63, 3.8) is 0 Å². The number of phenolic OH excluding ortho intramolecular Hbond substituents is 1. The molecule has 2 N–H and O–H groups in total. The Labute approximate surface area is 165 Å². The van der Waals surface area contributed by atoms with Gasteiger partial charge in [-0.25, -0.2) is 4.98 Å². The highest BCUT2D eigenvalue weighted by molar-refractivity contribution is 6.36. The van der Waals surface area contributed by atoms with Crippen molar-refractivity contribution in [3.8, 4) is 5.75 Å². The number of para-hydroxylation sites is 2. The summed E-state index contributed by atoms with van der Waals surface area (Å²) in [4.78, 5) is 27.5. The van der Waals surface area contributed by atoms with Crippen LogP contribution in [0.5, 0.6) is 5.75 Å². The van der Waals surface area contributed by atoms with Crippen molar-refractivity contribution >= 4 is 46.7 Å². The molecule has 6 nitrogen and oxygen atoms in total. The van der Waals surface area contributed by atoms with Crippen molar-refractivity contribution in [1.29, 1.82) is 0 Å². The molecule has 138 valence electrons. The van der Waals surface area contributed by atoms with E-state index in [1.807, 2.05) is 18.2 Å². The van der Waals surface area contributed by atoms with Crippen molar-refractivity contribution in [2.24, 2.45) is 9.98 Å². The Balaban J connectivity index is 1.55. The maximum Gasteiger partial charge on any atom is 0.275 e. The van der Waals surface area contributed by atoms with Crippen LogP contribution in [0, 0.1) is 0 Å². The molecule has 2 aromatic carbocycles. The summed E-state index contributed by atoms with van der Waals surface area (Å²) in [5.41, 5.74) is 1.86. The first kappa shape index (κ1) is 19.1. The predicted octanol–water partition coefficient (Wildman–Crippen LogP) is 3.86. The van der Waals surface area contributed by atoms with Gasteiger partial charge in [0.25, 0.3) is 5.56 Å². The number of phenols is 1. The van der Waals surface area contributed by atoms with Gasteiger partial charge in [0.1, 0.15) is 11.4 Å². The molecule has 0 atom stereocenters. The van der Waals surface area contributed by atoms with Gasteiger partial charge in [-0.1, -0.05) is 35.3 Å². The minimum atomic E-state index is -0.274. The largest absolute Gasteiger partial charge is 0.506 e. The maximum absolute atomic E-state index is 12.0. The van der Waals surface area contributed by atoms with Gasteiger partial charge in [-0.15, -0.1) is 0 Å². The summed E-state index contributed by atoms with van der Waals surface area (Å²) in [6.07, 6.45) is 3.66. The van der Waals surface area contributed by atoms with E-state index in [4.69, 9.17) is 23.2 Å². The second-order valence-corrected chi connectivity index (χ2v) is 6.56. The number of aliphatic imine (C=N–C) groups is 2. The molecule has 27 heavy (non-hydrogen) atoms. The summed E-state index contributed by atoms with van der Waals surface area (Å²) in [6.45, 7) is 0.996. The number of nitrogens with one attached hydrogen (secondary N) is 1. The number of halogens is 2. The first-order valence-corrected chi connectivity index (χ1v) is 8.97. The molecule has 0 fully saturated rings. The van der Waals surface area contributed by atoms with Crippen molar-refractivity contribution < 1.29 is 5.11 Å². The molecule has 0 saturated carbocycles. The van der Waals surface area contributed by atoms with E-state index in [-0.39, 0.29) is 22.0 Å². The summed E-state index contributed by atoms with van der Waals surface area (Å²) in [5.74, 6) is -0.0514. The molecule has 0 aliphatic carbocycles. The quantitative estimate of drug-likeness (QED) is 0.484. The topological polar surface area (TPSA) is 90.7 Å². The number of H-pyrrole nitrogens is 1. The van der Waals surface area contributed by atoms with Crippen molar-refractivity contribution in [2.45, 2.75) is 6.42 Å². The van der Waals surface area contributed by atoms with Crippen LogP contribution in [0.15, 0.2) is 51.2 Å². The van der Waals surface area contributed by atoms with E-state index >= 15 is 0 Å². The lowest BCUT2D eigenvalue weighted by molar-refractivity contribution is 0.474. The molecule has 0 aliphatic heterocycles. The summed E-state index contributed by atoms with van der Waals surface area (Å²) in [5, 5.41) is 10.5. The van der Waals surface area contributed by atoms with Crippen LogP contribution in [0.1, 0.15) is 17.7 Å². The molecule has 0 aliphatic rings. The first-order chi connectivity index (χ1) is 13.0. The van der Waals surface area contributed by atoms with Crippen LogP contribution in [0.3, 0.4) is 0 Å². The molecule has 0 unspecified atom stereocenters. The highest BCUT2D eigenvalue weighted by Crippen LogP contribution is 2.29. The third kappa shape index (κ3) is 4.93. The molecule has 1 aromatic heterocycles. The molecule has 3 aromatic rings. The van der Waals surface area contributed by atoms with E-state index in [0.717, 1.165) is 0 Å². The van der Waals surface area contributed by atoms with Gasteiger partial charge < -0.3 is 10.1 Å². The van der Waals surface area contributed by atoms with E-state index in [1.54, 1.807) is 12.1 Å². The van der Waals surface area contributed by atoms with Gasteiger partial charge in [0, 0.05) is 29.9 Å². The third-order valence-corrected chi connectivity index (χ3v) is 4.21. The summed E-state index contributed by atoms with van der Waals surface area (Å²) >= 11 is 11.8. The van der Waals surface area contributed by atoms with Crippen LogP contribution in [-0.2, 0) is 0 Å². The minimum Gasteiger partial charge on any atom is -0.506 e. The fourth-order valence-electron chi connectivity index (χ4n) is 2.38. The Hall–Kier alpha value is -2.70. The predicted molar refractivity (Wildman–Crippen MR) is 110 cm³/mol. The van der Waals surface area contributed by atoms with Gasteiger partial charge in [-0.05, 0) is 30.7 Å². The van der Waals surface area contributed by atoms with E-state index in [2.05, 4.69) is 20.0 Å². The number of hydrogen-bond acceptors (Lipinski definition) is 5. The second kappa shape index (κ2) is 8.79. The summed E-state index contributed by atoms with van der Waals surface area (Å²) in [7, 11) is 0. The van der Waals surface area contributed by atoms with Crippen molar-refractivity contribution in [1.82, 2.24) is 9.97 Å². The lowest BCUT2D eigenvalue weighted by atomic mass is 10.2. The minimum absolute atomic E-state index is 0.0514. The number of hydrogen-bond donors (Lipinski definition) is 2. The molecule has 8 heteroatoms. The number of benzene rings is 2. The monoisotopic (exact) mass is 402 g/mol. The normalized spacial score (nSPS) is 11.8. The molecule has 0 spiro atoms. The van der Waals surface area contributed by atoms with Gasteiger partial charge >= 0.3 is 0 Å². The SMILES string of the molecule is O=c1[nH]c2ccccc2nc1C=NCCCN=Cc1cc(Cl)cc(Cl)c1O. The molecule has 0 bridgehead atoms. The van der Waals surface area contributed by atoms with Gasteiger partial charge in [-0.2, -0.15) is 0 Å². The average Bonchev–Trinajstić information content (AvgIpc) is 2.64. The lowest BCUT2D eigenvalue weighted by Crippen LogP contribution is -2.14. The zero-order chi connectivity index (χ0) is 19.2. The Kier molecular flexibility index (Phi) is 6.21. The zero-order valence-electron chi connectivity index (χ0n) is 14.2. The standard InChI is InChI=1S/C19H16Cl2N4O2/c20-13-8-12(18(26)14(21)9-13)10-22-6-3-7-23-11-17-19(27)25-16-5-2-1-4-15(16)24-17/h1-2,4-5,8-11,26H,3,6-7H2,(H,25,27). The summed E-state index contributed by atoms with van der Waals surface area (Å²) < 4.78 is 0. The van der Waals surface area contributed by atoms with Gasteiger partial charge in [0.2, 0.25) is 0 Å². The number of aromatic hydroxyl groups is 1. The smallest absolute Gasteiger partial charge is 0.275 e. The third-order valence-electron chi connectivity index (χ3n) is 3.70. The summed E-state index contributed by atoms with van der Waals surface area (Å²) in [6, 6.07) is 10.4. The van der Waals surface area contributed by atoms with Crippen LogP contribution in [0.2, 0.25) is 10.0 Å². The Morgan fingerprint density at radius 2 is 1.85 bits per heavy atom.